The maximum atomic E-state index is 11.2. The Hall–Kier alpha value is -8.71. The summed E-state index contributed by atoms with van der Waals surface area (Å²) in [6.45, 7) is 7.26. The summed E-state index contributed by atoms with van der Waals surface area (Å²) in [7, 11) is 10.3. The number of anilines is 3. The lowest BCUT2D eigenvalue weighted by molar-refractivity contribution is 0.555. The number of rotatable bonds is 0. The van der Waals surface area contributed by atoms with Crippen LogP contribution >= 0.6 is 0 Å². The Morgan fingerprint density at radius 3 is 1.80 bits per heavy atom. The van der Waals surface area contributed by atoms with Crippen LogP contribution in [-0.2, 0) is 35.2 Å². The van der Waals surface area contributed by atoms with Gasteiger partial charge >= 0.3 is 17.1 Å². The van der Waals surface area contributed by atoms with Gasteiger partial charge in [-0.3, -0.25) is 29.3 Å². The lowest BCUT2D eigenvalue weighted by Gasteiger charge is -2.19. The SMILES string of the molecule is C=C1N=C(N)C(C)=CN1C.Cc1cn(C)c(=O)[nH]c1=O.Cn1ccc(=O)[nH]c1=O.Cn1ccc(N)nc1=O.Cn1cnc2c(=O)[nH]c(N)nc21.Cn1cnc2c(N)ncnc21. The molecule has 61 heavy (non-hydrogen) atoms. The molecule has 1 aliphatic rings. The molecule has 0 radical (unpaired) electrons. The molecule has 26 heteroatoms. The molecule has 1 aliphatic heterocycles. The van der Waals surface area contributed by atoms with Crippen molar-refractivity contribution in [3.05, 3.63) is 142 Å². The lowest BCUT2D eigenvalue weighted by Crippen LogP contribution is -2.28. The minimum Gasteiger partial charge on any atom is -0.383 e. The molecule has 7 aromatic rings. The van der Waals surface area contributed by atoms with Gasteiger partial charge in [-0.05, 0) is 19.9 Å². The topological polar surface area (TPSA) is 371 Å². The minimum absolute atomic E-state index is 0.108. The molecule has 8 heterocycles. The standard InChI is InChI=1S/C7H11N3.C6H7N5O.C6H7N5.C6H8N2O2.C5H7N3O.C5H6N2O2/c1-5-4-10(3)6(2)9-7(5)8;1-11-2-8-3-4(11)9-6(7)10-5(3)12;1-11-3-10-4-5(7)8-2-9-6(4)11;1-4-3-8(2)6(10)7-5(4)9;1-8-3-2-4(6)7-5(8)9;1-7-3-2-4(8)6-5(7)9/h4H,2H2,1,3H3,(H2,8,9);2H,1H3,(H3,7,9,10,12);2-3H,1H3,(H2,7,8,9);3H,1-2H3,(H,7,9,10);2-3H,1H3,(H2,6,7,9);2-3H,1H3,(H,6,8,9). The summed E-state index contributed by atoms with van der Waals surface area (Å²) in [6.07, 6.45) is 11.0. The summed E-state index contributed by atoms with van der Waals surface area (Å²) in [4.78, 5) is 99.7. The molecule has 0 amide bonds. The number of aliphatic imine (C=N–C) groups is 1. The third kappa shape index (κ3) is 13.2. The number of hydrogen-bond donors (Lipinski definition) is 7. The molecule has 0 bridgehead atoms. The molecule has 0 aromatic carbocycles. The molecule has 0 saturated carbocycles. The number of aryl methyl sites for hydroxylation is 6. The van der Waals surface area contributed by atoms with Crippen molar-refractivity contribution in [2.75, 3.05) is 24.2 Å². The Morgan fingerprint density at radius 2 is 1.25 bits per heavy atom. The molecular formula is C35H46N20O6. The van der Waals surface area contributed by atoms with E-state index in [2.05, 4.69) is 56.4 Å². The number of amidine groups is 1. The number of nitrogen functional groups attached to an aromatic ring is 3. The first-order valence-corrected chi connectivity index (χ1v) is 17.4. The van der Waals surface area contributed by atoms with E-state index in [9.17, 15) is 28.8 Å². The number of hydrogen-bond acceptors (Lipinski definition) is 18. The molecule has 26 nitrogen and oxygen atoms in total. The zero-order chi connectivity index (χ0) is 45.7. The molecule has 11 N–H and O–H groups in total. The number of nitrogens with zero attached hydrogens (tertiary/aromatic N) is 13. The highest BCUT2D eigenvalue weighted by atomic mass is 16.2. The number of H-pyrrole nitrogens is 3. The molecule has 0 atom stereocenters. The van der Waals surface area contributed by atoms with Crippen LogP contribution in [-0.4, -0.2) is 85.5 Å². The van der Waals surface area contributed by atoms with Crippen LogP contribution in [0.3, 0.4) is 0 Å². The number of aromatic nitrogens is 14. The van der Waals surface area contributed by atoms with Gasteiger partial charge in [0.25, 0.3) is 16.7 Å². The van der Waals surface area contributed by atoms with Crippen molar-refractivity contribution in [1.29, 1.82) is 0 Å². The summed E-state index contributed by atoms with van der Waals surface area (Å²) < 4.78 is 7.42. The van der Waals surface area contributed by atoms with Crippen LogP contribution in [0.25, 0.3) is 22.3 Å². The van der Waals surface area contributed by atoms with E-state index in [0.29, 0.717) is 39.7 Å². The Balaban J connectivity index is 0.000000196. The Morgan fingerprint density at radius 1 is 0.639 bits per heavy atom. The summed E-state index contributed by atoms with van der Waals surface area (Å²) >= 11 is 0. The fourth-order valence-electron chi connectivity index (χ4n) is 4.39. The average Bonchev–Trinajstić information content (AvgIpc) is 3.77. The largest absolute Gasteiger partial charge is 0.383 e. The van der Waals surface area contributed by atoms with Gasteiger partial charge in [-0.25, -0.2) is 39.3 Å². The predicted molar refractivity (Wildman–Crippen MR) is 230 cm³/mol. The number of imidazole rings is 2. The van der Waals surface area contributed by atoms with Gasteiger partial charge in [0.1, 0.15) is 29.3 Å². The predicted octanol–water partition coefficient (Wildman–Crippen LogP) is -2.33. The summed E-state index contributed by atoms with van der Waals surface area (Å²) in [5.41, 5.74) is 23.3. The van der Waals surface area contributed by atoms with Crippen molar-refractivity contribution in [3.8, 4) is 0 Å². The van der Waals surface area contributed by atoms with Gasteiger partial charge in [0.2, 0.25) is 5.95 Å². The van der Waals surface area contributed by atoms with Crippen molar-refractivity contribution < 1.29 is 0 Å². The smallest absolute Gasteiger partial charge is 0.349 e. The van der Waals surface area contributed by atoms with Gasteiger partial charge in [-0.15, -0.1) is 0 Å². The van der Waals surface area contributed by atoms with Gasteiger partial charge in [0.05, 0.1) is 12.7 Å². The molecule has 322 valence electrons. The maximum Gasteiger partial charge on any atom is 0.349 e. The summed E-state index contributed by atoms with van der Waals surface area (Å²) in [6, 6.07) is 2.86. The number of aromatic amines is 3. The highest BCUT2D eigenvalue weighted by molar-refractivity contribution is 5.97. The van der Waals surface area contributed by atoms with Gasteiger partial charge < -0.3 is 50.7 Å². The van der Waals surface area contributed by atoms with Crippen molar-refractivity contribution in [3.63, 3.8) is 0 Å². The van der Waals surface area contributed by atoms with Crippen LogP contribution < -0.4 is 56.7 Å². The molecule has 0 fully saturated rings. The van der Waals surface area contributed by atoms with E-state index in [4.69, 9.17) is 22.9 Å². The fourth-order valence-corrected chi connectivity index (χ4v) is 4.39. The molecule has 0 saturated heterocycles. The molecular weight excluding hydrogens is 797 g/mol. The summed E-state index contributed by atoms with van der Waals surface area (Å²) in [5, 5.41) is 0. The van der Waals surface area contributed by atoms with Gasteiger partial charge in [-0.2, -0.15) is 9.97 Å². The van der Waals surface area contributed by atoms with Crippen LogP contribution in [0.4, 0.5) is 17.6 Å². The van der Waals surface area contributed by atoms with E-state index >= 15 is 0 Å². The van der Waals surface area contributed by atoms with E-state index in [1.807, 2.05) is 32.1 Å². The molecule has 0 spiro atoms. The second kappa shape index (κ2) is 20.6. The summed E-state index contributed by atoms with van der Waals surface area (Å²) in [5.74, 6) is 2.04. The van der Waals surface area contributed by atoms with Crippen molar-refractivity contribution >= 4 is 45.7 Å². The Labute approximate surface area is 343 Å². The van der Waals surface area contributed by atoms with Gasteiger partial charge in [-0.1, -0.05) is 6.58 Å². The van der Waals surface area contributed by atoms with Crippen molar-refractivity contribution in [2.24, 2.45) is 46.0 Å². The van der Waals surface area contributed by atoms with Gasteiger partial charge in [0, 0.05) is 84.3 Å². The third-order valence-electron chi connectivity index (χ3n) is 7.84. The zero-order valence-corrected chi connectivity index (χ0v) is 34.5. The third-order valence-corrected chi connectivity index (χ3v) is 7.84. The fraction of sp³-hybridized carbons (Fsp3) is 0.229. The van der Waals surface area contributed by atoms with Crippen LogP contribution in [0.2, 0.25) is 0 Å². The highest BCUT2D eigenvalue weighted by Crippen LogP contribution is 2.12. The van der Waals surface area contributed by atoms with Crippen molar-refractivity contribution in [1.82, 2.24) is 72.6 Å². The molecule has 8 rings (SSSR count). The monoisotopic (exact) mass is 842 g/mol. The highest BCUT2D eigenvalue weighted by Gasteiger charge is 2.08. The van der Waals surface area contributed by atoms with E-state index in [1.54, 1.807) is 62.8 Å². The number of nitrogens with one attached hydrogen (secondary N) is 3. The Bertz CT molecular complexity index is 3050. The first-order chi connectivity index (χ1) is 28.6. The van der Waals surface area contributed by atoms with Crippen LogP contribution in [0, 0.1) is 6.92 Å². The maximum absolute atomic E-state index is 11.2. The van der Waals surface area contributed by atoms with Crippen LogP contribution in [0.5, 0.6) is 0 Å². The normalized spacial score (nSPS) is 11.5. The molecule has 0 unspecified atom stereocenters. The minimum atomic E-state index is -0.387. The van der Waals surface area contributed by atoms with E-state index < -0.39 is 0 Å². The first kappa shape index (κ1) is 46.7. The molecule has 7 aromatic heterocycles. The van der Waals surface area contributed by atoms with Crippen molar-refractivity contribution in [2.45, 2.75) is 13.8 Å². The molecule has 0 aliphatic carbocycles. The average molecular weight is 843 g/mol. The first-order valence-electron chi connectivity index (χ1n) is 17.4. The number of nitrogens with two attached hydrogens (primary N) is 4. The second-order valence-corrected chi connectivity index (χ2v) is 12.8. The van der Waals surface area contributed by atoms with E-state index in [1.165, 1.54) is 44.8 Å². The number of fused-ring (bicyclic) bond motifs is 2. The lowest BCUT2D eigenvalue weighted by atomic mass is 10.3. The quantitative estimate of drug-likeness (QED) is 0.0841. The van der Waals surface area contributed by atoms with Crippen LogP contribution in [0.15, 0.2) is 108 Å². The van der Waals surface area contributed by atoms with Gasteiger partial charge in [0.15, 0.2) is 22.6 Å². The van der Waals surface area contributed by atoms with E-state index in [-0.39, 0.29) is 45.5 Å². The van der Waals surface area contributed by atoms with Crippen LogP contribution in [0.1, 0.15) is 12.5 Å². The van der Waals surface area contributed by atoms with E-state index in [0.717, 1.165) is 11.2 Å². The Kier molecular flexibility index (Phi) is 15.8. The zero-order valence-electron chi connectivity index (χ0n) is 34.5. The second-order valence-electron chi connectivity index (χ2n) is 12.8.